The predicted molar refractivity (Wildman–Crippen MR) is 257 cm³/mol. The molecule has 0 amide bonds. The molecule has 0 spiro atoms. The second-order valence-electron chi connectivity index (χ2n) is 17.6. The van der Waals surface area contributed by atoms with Crippen LogP contribution in [0.15, 0.2) is 159 Å². The van der Waals surface area contributed by atoms with Crippen molar-refractivity contribution < 1.29 is 33.4 Å². The minimum atomic E-state index is 0. The molecule has 0 N–H and O–H groups in total. The zero-order valence-electron chi connectivity index (χ0n) is 36.5. The minimum absolute atomic E-state index is 0. The number of nitrogens with zero attached hydrogens (tertiary/aromatic N) is 4. The molecule has 3 fully saturated rings. The van der Waals surface area contributed by atoms with E-state index < -0.39 is 0 Å². The van der Waals surface area contributed by atoms with E-state index in [0.29, 0.717) is 23.7 Å². The first kappa shape index (κ1) is 43.1. The summed E-state index contributed by atoms with van der Waals surface area (Å²) in [5.74, 6) is 4.39. The molecule has 3 aliphatic rings. The smallest absolute Gasteiger partial charge is 0.443 e. The maximum atomic E-state index is 6.03. The number of benzene rings is 6. The zero-order chi connectivity index (χ0) is 42.7. The first-order valence-corrected chi connectivity index (χ1v) is 23.4. The van der Waals surface area contributed by atoms with Crippen LogP contribution >= 0.6 is 0 Å². The molecule has 0 bridgehead atoms. The molecule has 328 valence electrons. The van der Waals surface area contributed by atoms with Crippen molar-refractivity contribution in [3.8, 4) is 5.69 Å². The Balaban J connectivity index is 0.000000133. The molecule has 3 aliphatic carbocycles. The fourth-order valence-corrected chi connectivity index (χ4v) is 10.1. The van der Waals surface area contributed by atoms with E-state index in [1.807, 2.05) is 72.8 Å². The second kappa shape index (κ2) is 19.7. The Hall–Kier alpha value is -5.82. The molecule has 4 aromatic heterocycles. The molecule has 4 unspecified atom stereocenters. The van der Waals surface area contributed by atoms with Gasteiger partial charge in [-0.3, -0.25) is 0 Å². The van der Waals surface area contributed by atoms with Gasteiger partial charge in [-0.05, 0) is 72.1 Å². The Morgan fingerprint density at radius 1 is 0.431 bits per heavy atom. The van der Waals surface area contributed by atoms with Crippen molar-refractivity contribution in [3.63, 3.8) is 0 Å². The van der Waals surface area contributed by atoms with Gasteiger partial charge in [-0.1, -0.05) is 154 Å². The molecule has 4 heterocycles. The first-order chi connectivity index (χ1) is 31.7. The Morgan fingerprint density at radius 3 is 1.28 bits per heavy atom. The van der Waals surface area contributed by atoms with E-state index >= 15 is 0 Å². The fourth-order valence-electron chi connectivity index (χ4n) is 10.1. The summed E-state index contributed by atoms with van der Waals surface area (Å²) in [6, 6.07) is 50.5. The summed E-state index contributed by atoms with van der Waals surface area (Å²) in [7, 11) is 0. The van der Waals surface area contributed by atoms with Crippen LogP contribution in [-0.4, -0.2) is 19.5 Å². The summed E-state index contributed by atoms with van der Waals surface area (Å²) in [4.78, 5) is 13.8. The molecule has 13 rings (SSSR count). The van der Waals surface area contributed by atoms with Gasteiger partial charge >= 0.3 is 20.1 Å². The quantitative estimate of drug-likeness (QED) is 0.160. The third kappa shape index (κ3) is 9.21. The summed E-state index contributed by atoms with van der Waals surface area (Å²) in [6.45, 7) is 0. The van der Waals surface area contributed by atoms with Crippen LogP contribution < -0.4 is 0 Å². The third-order valence-corrected chi connectivity index (χ3v) is 13.5. The van der Waals surface area contributed by atoms with Crippen molar-refractivity contribution in [3.05, 3.63) is 188 Å². The van der Waals surface area contributed by atoms with Crippen LogP contribution in [0.4, 0.5) is 0 Å². The maximum absolute atomic E-state index is 6.03. The summed E-state index contributed by atoms with van der Waals surface area (Å²) < 4.78 is 19.9. The Labute approximate surface area is 394 Å². The van der Waals surface area contributed by atoms with Crippen molar-refractivity contribution in [2.45, 2.75) is 94.3 Å². The van der Waals surface area contributed by atoms with Gasteiger partial charge in [0.2, 0.25) is 0 Å². The van der Waals surface area contributed by atoms with Crippen molar-refractivity contribution in [1.29, 1.82) is 0 Å². The van der Waals surface area contributed by atoms with Crippen molar-refractivity contribution >= 4 is 55.1 Å². The average molecular weight is 1030 g/mol. The van der Waals surface area contributed by atoms with Gasteiger partial charge in [0.1, 0.15) is 16.6 Å². The molecular formula is C57H53IrN4O3. The summed E-state index contributed by atoms with van der Waals surface area (Å²) in [6.07, 6.45) is 20.3. The van der Waals surface area contributed by atoms with E-state index in [1.165, 1.54) is 84.4 Å². The molecule has 8 heteroatoms. The Kier molecular flexibility index (Phi) is 13.1. The van der Waals surface area contributed by atoms with Crippen molar-refractivity contribution in [1.82, 2.24) is 19.5 Å². The number of oxazole rings is 3. The number of rotatable bonds is 5. The molecule has 0 aliphatic heterocycles. The van der Waals surface area contributed by atoms with Crippen LogP contribution in [0.5, 0.6) is 0 Å². The van der Waals surface area contributed by atoms with E-state index in [1.54, 1.807) is 0 Å². The Morgan fingerprint density at radius 2 is 0.862 bits per heavy atom. The SMILES string of the molecule is [Ir+3].c1ccc2oc(C3[CH-]CC(c4ccc(-n5c6ccccc6c6ccccc65)cc4)CC3)nc2c1.c1ccc2oc(C3[CH-]CCCC3)nc2c1.c1ccc2oc(C3[CH-]CCCC3)nc2c1. The summed E-state index contributed by atoms with van der Waals surface area (Å²) >= 11 is 0. The number of aromatic nitrogens is 4. The van der Waals surface area contributed by atoms with Gasteiger partial charge in [-0.2, -0.15) is 19.3 Å². The zero-order valence-corrected chi connectivity index (χ0v) is 38.9. The van der Waals surface area contributed by atoms with E-state index in [4.69, 9.17) is 18.2 Å². The summed E-state index contributed by atoms with van der Waals surface area (Å²) in [5.41, 5.74) is 10.7. The molecule has 7 nitrogen and oxygen atoms in total. The fraction of sp³-hybridized carbons (Fsp3) is 0.263. The van der Waals surface area contributed by atoms with Gasteiger partial charge in [0, 0.05) is 16.5 Å². The molecule has 65 heavy (non-hydrogen) atoms. The van der Waals surface area contributed by atoms with Gasteiger partial charge in [0.25, 0.3) is 0 Å². The van der Waals surface area contributed by atoms with Crippen LogP contribution in [0.3, 0.4) is 0 Å². The van der Waals surface area contributed by atoms with E-state index in [-0.39, 0.29) is 20.1 Å². The van der Waals surface area contributed by atoms with E-state index in [2.05, 4.69) is 107 Å². The van der Waals surface area contributed by atoms with Crippen molar-refractivity contribution in [2.75, 3.05) is 0 Å². The molecule has 10 aromatic rings. The largest absolute Gasteiger partial charge is 3.00 e. The Bertz CT molecular complexity index is 2880. The number of para-hydroxylation sites is 8. The average Bonchev–Trinajstić information content (AvgIpc) is 4.18. The van der Waals surface area contributed by atoms with Gasteiger partial charge < -0.3 is 37.1 Å². The van der Waals surface area contributed by atoms with Gasteiger partial charge in [0.15, 0.2) is 34.4 Å². The third-order valence-electron chi connectivity index (χ3n) is 13.5. The molecule has 6 aromatic carbocycles. The number of fused-ring (bicyclic) bond motifs is 6. The summed E-state index contributed by atoms with van der Waals surface area (Å²) in [5, 5.41) is 2.60. The van der Waals surface area contributed by atoms with Crippen LogP contribution in [-0.2, 0) is 20.1 Å². The van der Waals surface area contributed by atoms with E-state index in [9.17, 15) is 0 Å². The van der Waals surface area contributed by atoms with E-state index in [0.717, 1.165) is 70.2 Å². The number of hydrogen-bond acceptors (Lipinski definition) is 6. The van der Waals surface area contributed by atoms with Gasteiger partial charge in [-0.15, -0.1) is 0 Å². The normalized spacial score (nSPS) is 19.9. The van der Waals surface area contributed by atoms with Crippen LogP contribution in [0, 0.1) is 19.3 Å². The maximum Gasteiger partial charge on any atom is 3.00 e. The molecule has 0 saturated heterocycles. The van der Waals surface area contributed by atoms with Crippen LogP contribution in [0.1, 0.15) is 118 Å². The van der Waals surface area contributed by atoms with Crippen molar-refractivity contribution in [2.24, 2.45) is 0 Å². The minimum Gasteiger partial charge on any atom is -0.443 e. The van der Waals surface area contributed by atoms with Gasteiger partial charge in [-0.25, -0.2) is 15.0 Å². The first-order valence-electron chi connectivity index (χ1n) is 23.4. The van der Waals surface area contributed by atoms with Crippen LogP contribution in [0.25, 0.3) is 60.8 Å². The number of hydrogen-bond donors (Lipinski definition) is 0. The molecule has 3 saturated carbocycles. The molecule has 0 radical (unpaired) electrons. The monoisotopic (exact) mass is 1030 g/mol. The molecule has 4 atom stereocenters. The second-order valence-corrected chi connectivity index (χ2v) is 17.6. The van der Waals surface area contributed by atoms with Gasteiger partial charge in [0.05, 0.1) is 11.0 Å². The molecular weight excluding hydrogens is 981 g/mol. The predicted octanol–water partition coefficient (Wildman–Crippen LogP) is 15.6. The topological polar surface area (TPSA) is 83.0 Å². The standard InChI is InChI=1S/C31H25N2O.2C13H14NO.Ir/c1-4-10-28-25(7-1)26-8-2-5-11-29(26)33(28)24-19-17-22(18-20-24)21-13-15-23(16-14-21)31-32-27-9-3-6-12-30(27)34-31;2*1-2-6-10(7-3-1)13-14-11-8-4-5-9-12(11)15-13;/h1-12,15,17-21,23H,13-14,16H2;2*4-6,8-10H,1-3,7H2;/q3*-1;+3. The van der Waals surface area contributed by atoms with Crippen LogP contribution in [0.2, 0.25) is 0 Å².